The van der Waals surface area contributed by atoms with E-state index in [1.165, 1.54) is 21.6 Å². The molecule has 0 unspecified atom stereocenters. The van der Waals surface area contributed by atoms with Gasteiger partial charge in [-0.15, -0.1) is 6.42 Å². The Morgan fingerprint density at radius 1 is 1.25 bits per heavy atom. The average molecular weight is 286 g/mol. The van der Waals surface area contributed by atoms with Gasteiger partial charge in [-0.25, -0.2) is 0 Å². The molecule has 0 aromatic heterocycles. The number of hydrogen-bond acceptors (Lipinski definition) is 1. The van der Waals surface area contributed by atoms with E-state index in [2.05, 4.69) is 57.9 Å². The lowest BCUT2D eigenvalue weighted by Gasteiger charge is -2.06. The summed E-state index contributed by atoms with van der Waals surface area (Å²) >= 11 is 1.72. The van der Waals surface area contributed by atoms with Crippen molar-refractivity contribution in [2.45, 2.75) is 52.9 Å². The largest absolute Gasteiger partial charge is 0.115 e. The molecule has 1 aromatic rings. The van der Waals surface area contributed by atoms with Crippen LogP contribution >= 0.6 is 11.8 Å². The molecule has 0 N–H and O–H groups in total. The predicted octanol–water partition coefficient (Wildman–Crippen LogP) is 6.30. The van der Waals surface area contributed by atoms with E-state index in [4.69, 9.17) is 6.42 Å². The van der Waals surface area contributed by atoms with Crippen LogP contribution in [0.4, 0.5) is 0 Å². The summed E-state index contributed by atoms with van der Waals surface area (Å²) in [6, 6.07) is 6.51. The van der Waals surface area contributed by atoms with E-state index >= 15 is 0 Å². The third-order valence-corrected chi connectivity index (χ3v) is 3.85. The van der Waals surface area contributed by atoms with Crippen molar-refractivity contribution in [3.8, 4) is 12.3 Å². The van der Waals surface area contributed by atoms with E-state index in [1.807, 2.05) is 19.9 Å². The molecule has 0 aliphatic rings. The number of hydrogen-bond donors (Lipinski definition) is 0. The zero-order chi connectivity index (χ0) is 15.5. The number of benzene rings is 1. The number of terminal acetylenes is 1. The maximum atomic E-state index is 5.39. The van der Waals surface area contributed by atoms with Crippen LogP contribution in [0.5, 0.6) is 0 Å². The second kappa shape index (κ2) is 10.4. The molecule has 1 rings (SSSR count). The second-order valence-corrected chi connectivity index (χ2v) is 5.55. The first kappa shape index (κ1) is 18.6. The minimum atomic E-state index is 1.05. The minimum absolute atomic E-state index is 1.05. The molecule has 0 atom stereocenters. The van der Waals surface area contributed by atoms with Crippen molar-refractivity contribution in [2.24, 2.45) is 0 Å². The van der Waals surface area contributed by atoms with E-state index in [9.17, 15) is 0 Å². The molecule has 0 aliphatic heterocycles. The van der Waals surface area contributed by atoms with Crippen molar-refractivity contribution in [1.82, 2.24) is 0 Å². The first-order chi connectivity index (χ1) is 9.56. The average Bonchev–Trinajstić information content (AvgIpc) is 2.45. The number of aryl methyl sites for hydroxylation is 2. The van der Waals surface area contributed by atoms with Gasteiger partial charge in [0.15, 0.2) is 0 Å². The third-order valence-electron chi connectivity index (χ3n) is 2.89. The van der Waals surface area contributed by atoms with E-state index in [1.54, 1.807) is 11.8 Å². The Morgan fingerprint density at radius 2 is 1.90 bits per heavy atom. The maximum absolute atomic E-state index is 5.39. The smallest absolute Gasteiger partial charge is 0.0205 e. The molecule has 0 aliphatic carbocycles. The monoisotopic (exact) mass is 286 g/mol. The lowest BCUT2D eigenvalue weighted by Crippen LogP contribution is -1.82. The molecule has 108 valence electrons. The van der Waals surface area contributed by atoms with Gasteiger partial charge in [0.2, 0.25) is 0 Å². The number of allylic oxidation sites excluding steroid dienone is 3. The predicted molar refractivity (Wildman–Crippen MR) is 94.1 cm³/mol. The molecule has 0 amide bonds. The lowest BCUT2D eigenvalue weighted by molar-refractivity contribution is 1.10. The van der Waals surface area contributed by atoms with Crippen LogP contribution in [0, 0.1) is 26.2 Å². The van der Waals surface area contributed by atoms with E-state index < -0.39 is 0 Å². The third kappa shape index (κ3) is 6.68. The van der Waals surface area contributed by atoms with Crippen molar-refractivity contribution in [2.75, 3.05) is 0 Å². The van der Waals surface area contributed by atoms with Crippen LogP contribution in [-0.4, -0.2) is 0 Å². The molecule has 0 saturated heterocycles. The topological polar surface area (TPSA) is 0 Å². The van der Waals surface area contributed by atoms with Crippen molar-refractivity contribution in [1.29, 1.82) is 0 Å². The molecular weight excluding hydrogens is 260 g/mol. The highest BCUT2D eigenvalue weighted by Crippen LogP contribution is 2.29. The Hall–Kier alpha value is -1.39. The minimum Gasteiger partial charge on any atom is -0.115 e. The fourth-order valence-electron chi connectivity index (χ4n) is 1.44. The number of rotatable bonds is 4. The van der Waals surface area contributed by atoms with Gasteiger partial charge < -0.3 is 0 Å². The molecule has 0 nitrogen and oxygen atoms in total. The van der Waals surface area contributed by atoms with Crippen LogP contribution in [-0.2, 0) is 0 Å². The Labute approximate surface area is 129 Å². The second-order valence-electron chi connectivity index (χ2n) is 4.41. The molecule has 0 heterocycles. The fraction of sp³-hybridized carbons (Fsp3) is 0.368. The van der Waals surface area contributed by atoms with Crippen LogP contribution in [0.1, 0.15) is 45.2 Å². The van der Waals surface area contributed by atoms with Gasteiger partial charge >= 0.3 is 0 Å². The Bertz CT molecular complexity index is 513. The maximum Gasteiger partial charge on any atom is 0.0205 e. The highest BCUT2D eigenvalue weighted by molar-refractivity contribution is 8.03. The Kier molecular flexibility index (Phi) is 9.68. The molecule has 0 radical (unpaired) electrons. The Morgan fingerprint density at radius 3 is 2.40 bits per heavy atom. The van der Waals surface area contributed by atoms with Crippen molar-refractivity contribution in [3.05, 3.63) is 52.0 Å². The van der Waals surface area contributed by atoms with Gasteiger partial charge in [-0.1, -0.05) is 50.1 Å². The first-order valence-electron chi connectivity index (χ1n) is 7.15. The van der Waals surface area contributed by atoms with Gasteiger partial charge in [-0.3, -0.25) is 0 Å². The molecule has 0 spiro atoms. The number of thioether (sulfide) groups is 1. The van der Waals surface area contributed by atoms with Crippen LogP contribution in [0.3, 0.4) is 0 Å². The van der Waals surface area contributed by atoms with Crippen molar-refractivity contribution in [3.63, 3.8) is 0 Å². The van der Waals surface area contributed by atoms with Gasteiger partial charge in [-0.2, -0.15) is 0 Å². The molecule has 1 aromatic carbocycles. The molecule has 0 saturated carbocycles. The summed E-state index contributed by atoms with van der Waals surface area (Å²) in [5, 5.41) is 0. The normalized spacial score (nSPS) is 11.4. The zero-order valence-corrected chi connectivity index (χ0v) is 14.4. The summed E-state index contributed by atoms with van der Waals surface area (Å²) in [5.74, 6) is 2.62. The quantitative estimate of drug-likeness (QED) is 0.356. The van der Waals surface area contributed by atoms with Crippen molar-refractivity contribution < 1.29 is 0 Å². The molecule has 0 fully saturated rings. The van der Waals surface area contributed by atoms with E-state index in [0.717, 1.165) is 11.3 Å². The van der Waals surface area contributed by atoms with Gasteiger partial charge in [0, 0.05) is 15.9 Å². The molecule has 1 heteroatoms. The van der Waals surface area contributed by atoms with E-state index in [0.29, 0.717) is 0 Å². The highest BCUT2D eigenvalue weighted by Gasteiger charge is 2.00. The summed E-state index contributed by atoms with van der Waals surface area (Å²) < 4.78 is 0. The molecular formula is C19H26S. The standard InChI is InChI=1S/C17H20S.C2H6/c1-6-8-16(11-13(3)7-2)18-17-10-9-14(4)15(5)12-17;1-2/h1,8-12H,7H2,2-5H3;1-2H3/b13-11-,16-8+;. The van der Waals surface area contributed by atoms with Gasteiger partial charge in [0.1, 0.15) is 0 Å². The van der Waals surface area contributed by atoms with Gasteiger partial charge in [0.25, 0.3) is 0 Å². The van der Waals surface area contributed by atoms with Gasteiger partial charge in [0.05, 0.1) is 0 Å². The highest BCUT2D eigenvalue weighted by atomic mass is 32.2. The molecule has 20 heavy (non-hydrogen) atoms. The summed E-state index contributed by atoms with van der Waals surface area (Å²) in [6.45, 7) is 12.5. The van der Waals surface area contributed by atoms with Crippen LogP contribution in [0.2, 0.25) is 0 Å². The SMILES string of the molecule is C#C/C=C(\C=C(\C)CC)Sc1ccc(C)c(C)c1.CC. The van der Waals surface area contributed by atoms with Crippen LogP contribution in [0.25, 0.3) is 0 Å². The summed E-state index contributed by atoms with van der Waals surface area (Å²) in [6.07, 6.45) is 10.4. The Balaban J connectivity index is 0.00000172. The van der Waals surface area contributed by atoms with E-state index in [-0.39, 0.29) is 0 Å². The van der Waals surface area contributed by atoms with Crippen LogP contribution < -0.4 is 0 Å². The molecule has 0 bridgehead atoms. The van der Waals surface area contributed by atoms with Crippen molar-refractivity contribution >= 4 is 11.8 Å². The summed E-state index contributed by atoms with van der Waals surface area (Å²) in [7, 11) is 0. The summed E-state index contributed by atoms with van der Waals surface area (Å²) in [4.78, 5) is 2.36. The van der Waals surface area contributed by atoms with Gasteiger partial charge in [-0.05, 0) is 56.5 Å². The lowest BCUT2D eigenvalue weighted by atomic mass is 10.1. The fourth-order valence-corrected chi connectivity index (χ4v) is 2.47. The van der Waals surface area contributed by atoms with Crippen LogP contribution in [0.15, 0.2) is 45.7 Å². The summed E-state index contributed by atoms with van der Waals surface area (Å²) in [5.41, 5.74) is 3.98. The zero-order valence-electron chi connectivity index (χ0n) is 13.6. The first-order valence-corrected chi connectivity index (χ1v) is 7.97.